The van der Waals surface area contributed by atoms with Crippen molar-refractivity contribution in [3.05, 3.63) is 22.4 Å². The minimum Gasteiger partial charge on any atom is -0.314 e. The summed E-state index contributed by atoms with van der Waals surface area (Å²) >= 11 is 1.81. The van der Waals surface area contributed by atoms with Crippen LogP contribution in [0.15, 0.2) is 16.8 Å². The average Bonchev–Trinajstić information content (AvgIpc) is 2.83. The van der Waals surface area contributed by atoms with Gasteiger partial charge >= 0.3 is 0 Å². The van der Waals surface area contributed by atoms with Crippen LogP contribution in [0.4, 0.5) is 0 Å². The van der Waals surface area contributed by atoms with Crippen molar-refractivity contribution in [2.45, 2.75) is 32.4 Å². The topological polar surface area (TPSA) is 15.3 Å². The summed E-state index contributed by atoms with van der Waals surface area (Å²) in [5, 5.41) is 8.07. The molecule has 90 valence electrons. The molecule has 1 aliphatic rings. The predicted molar refractivity (Wildman–Crippen MR) is 70.9 cm³/mol. The van der Waals surface area contributed by atoms with Crippen LogP contribution in [0, 0.1) is 5.92 Å². The molecule has 2 nitrogen and oxygen atoms in total. The second-order valence-electron chi connectivity index (χ2n) is 5.09. The Morgan fingerprint density at radius 1 is 1.56 bits per heavy atom. The molecule has 0 saturated carbocycles. The van der Waals surface area contributed by atoms with Gasteiger partial charge in [0.1, 0.15) is 0 Å². The third-order valence-corrected chi connectivity index (χ3v) is 4.15. The van der Waals surface area contributed by atoms with Crippen molar-refractivity contribution < 1.29 is 0 Å². The van der Waals surface area contributed by atoms with Gasteiger partial charge in [0.05, 0.1) is 0 Å². The van der Waals surface area contributed by atoms with Gasteiger partial charge in [-0.05, 0) is 48.3 Å². The smallest absolute Gasteiger partial charge is 0.0394 e. The van der Waals surface area contributed by atoms with E-state index < -0.39 is 0 Å². The fourth-order valence-electron chi connectivity index (χ4n) is 2.60. The van der Waals surface area contributed by atoms with Gasteiger partial charge in [-0.1, -0.05) is 13.8 Å². The lowest BCUT2D eigenvalue weighted by atomic mass is 9.95. The Balaban J connectivity index is 2.02. The Bertz CT molecular complexity index is 308. The largest absolute Gasteiger partial charge is 0.314 e. The molecule has 0 spiro atoms. The second kappa shape index (κ2) is 5.30. The van der Waals surface area contributed by atoms with Crippen molar-refractivity contribution in [1.82, 2.24) is 10.2 Å². The van der Waals surface area contributed by atoms with Gasteiger partial charge in [-0.15, -0.1) is 0 Å². The number of hydrogen-bond donors (Lipinski definition) is 1. The Hall–Kier alpha value is -0.380. The van der Waals surface area contributed by atoms with Gasteiger partial charge in [0.15, 0.2) is 0 Å². The zero-order chi connectivity index (χ0) is 11.5. The third-order valence-electron chi connectivity index (χ3n) is 3.45. The van der Waals surface area contributed by atoms with Crippen molar-refractivity contribution in [2.24, 2.45) is 5.92 Å². The SMILES string of the molecule is CC(C)NCC1CCN(C)C1c1ccsc1. The Morgan fingerprint density at radius 3 is 3.00 bits per heavy atom. The van der Waals surface area contributed by atoms with E-state index in [2.05, 4.69) is 47.9 Å². The first kappa shape index (κ1) is 12.1. The van der Waals surface area contributed by atoms with Crippen LogP contribution in [0.1, 0.15) is 31.9 Å². The number of hydrogen-bond acceptors (Lipinski definition) is 3. The fraction of sp³-hybridized carbons (Fsp3) is 0.692. The van der Waals surface area contributed by atoms with Crippen molar-refractivity contribution in [3.63, 3.8) is 0 Å². The lowest BCUT2D eigenvalue weighted by Crippen LogP contribution is -2.32. The monoisotopic (exact) mass is 238 g/mol. The molecular weight excluding hydrogens is 216 g/mol. The Morgan fingerprint density at radius 2 is 2.38 bits per heavy atom. The van der Waals surface area contributed by atoms with E-state index >= 15 is 0 Å². The standard InChI is InChI=1S/C13H22N2S/c1-10(2)14-8-11-4-6-15(3)13(11)12-5-7-16-9-12/h5,7,9-11,13-14H,4,6,8H2,1-3H3. The average molecular weight is 238 g/mol. The number of rotatable bonds is 4. The molecular formula is C13H22N2S. The molecule has 1 aromatic heterocycles. The first-order chi connectivity index (χ1) is 7.68. The molecule has 1 aliphatic heterocycles. The van der Waals surface area contributed by atoms with E-state index in [1.165, 1.54) is 18.5 Å². The van der Waals surface area contributed by atoms with Crippen molar-refractivity contribution in [3.8, 4) is 0 Å². The maximum atomic E-state index is 3.58. The predicted octanol–water partition coefficient (Wildman–Crippen LogP) is 2.74. The summed E-state index contributed by atoms with van der Waals surface area (Å²) in [6.07, 6.45) is 1.32. The summed E-state index contributed by atoms with van der Waals surface area (Å²) in [6.45, 7) is 6.81. The number of nitrogens with one attached hydrogen (secondary N) is 1. The summed E-state index contributed by atoms with van der Waals surface area (Å²) in [5.74, 6) is 0.766. The van der Waals surface area contributed by atoms with E-state index in [1.807, 2.05) is 11.3 Å². The van der Waals surface area contributed by atoms with E-state index in [9.17, 15) is 0 Å². The lowest BCUT2D eigenvalue weighted by Gasteiger charge is -2.25. The molecule has 2 unspecified atom stereocenters. The van der Waals surface area contributed by atoms with Crippen LogP contribution < -0.4 is 5.32 Å². The highest BCUT2D eigenvalue weighted by Gasteiger charge is 2.32. The summed E-state index contributed by atoms with van der Waals surface area (Å²) in [6, 6.07) is 3.49. The van der Waals surface area contributed by atoms with Crippen LogP contribution in [-0.2, 0) is 0 Å². The van der Waals surface area contributed by atoms with Crippen molar-refractivity contribution >= 4 is 11.3 Å². The third kappa shape index (κ3) is 2.65. The summed E-state index contributed by atoms with van der Waals surface area (Å²) < 4.78 is 0. The normalized spacial score (nSPS) is 26.8. The molecule has 2 atom stereocenters. The minimum absolute atomic E-state index is 0.592. The molecule has 0 radical (unpaired) electrons. The molecule has 1 fully saturated rings. The van der Waals surface area contributed by atoms with Gasteiger partial charge in [-0.2, -0.15) is 11.3 Å². The van der Waals surface area contributed by atoms with Gasteiger partial charge in [0, 0.05) is 18.6 Å². The highest BCUT2D eigenvalue weighted by Crippen LogP contribution is 2.36. The van der Waals surface area contributed by atoms with Gasteiger partial charge in [-0.25, -0.2) is 0 Å². The molecule has 0 aromatic carbocycles. The highest BCUT2D eigenvalue weighted by molar-refractivity contribution is 7.07. The number of thiophene rings is 1. The molecule has 16 heavy (non-hydrogen) atoms. The zero-order valence-electron chi connectivity index (χ0n) is 10.4. The van der Waals surface area contributed by atoms with Crippen LogP contribution >= 0.6 is 11.3 Å². The molecule has 0 aliphatic carbocycles. The maximum absolute atomic E-state index is 3.58. The number of likely N-dealkylation sites (tertiary alicyclic amines) is 1. The molecule has 3 heteroatoms. The quantitative estimate of drug-likeness (QED) is 0.867. The molecule has 0 amide bonds. The first-order valence-electron chi connectivity index (χ1n) is 6.14. The minimum atomic E-state index is 0.592. The van der Waals surface area contributed by atoms with Gasteiger partial charge in [0.2, 0.25) is 0 Å². The van der Waals surface area contributed by atoms with E-state index in [4.69, 9.17) is 0 Å². The zero-order valence-corrected chi connectivity index (χ0v) is 11.3. The molecule has 2 heterocycles. The van der Waals surface area contributed by atoms with Gasteiger partial charge in [0.25, 0.3) is 0 Å². The van der Waals surface area contributed by atoms with E-state index in [1.54, 1.807) is 0 Å². The van der Waals surface area contributed by atoms with E-state index in [-0.39, 0.29) is 0 Å². The van der Waals surface area contributed by atoms with Crippen LogP contribution in [-0.4, -0.2) is 31.1 Å². The van der Waals surface area contributed by atoms with Gasteiger partial charge < -0.3 is 5.32 Å². The van der Waals surface area contributed by atoms with Crippen LogP contribution in [0.2, 0.25) is 0 Å². The van der Waals surface area contributed by atoms with Gasteiger partial charge in [-0.3, -0.25) is 4.90 Å². The Kier molecular flexibility index (Phi) is 4.00. The summed E-state index contributed by atoms with van der Waals surface area (Å²) in [4.78, 5) is 2.49. The molecule has 1 aromatic rings. The molecule has 0 bridgehead atoms. The summed E-state index contributed by atoms with van der Waals surface area (Å²) in [5.41, 5.74) is 1.50. The van der Waals surface area contributed by atoms with E-state index in [0.29, 0.717) is 12.1 Å². The highest BCUT2D eigenvalue weighted by atomic mass is 32.1. The van der Waals surface area contributed by atoms with Crippen molar-refractivity contribution in [1.29, 1.82) is 0 Å². The lowest BCUT2D eigenvalue weighted by molar-refractivity contribution is 0.270. The van der Waals surface area contributed by atoms with Crippen molar-refractivity contribution in [2.75, 3.05) is 20.1 Å². The Labute approximate surface area is 103 Å². The second-order valence-corrected chi connectivity index (χ2v) is 5.87. The first-order valence-corrected chi connectivity index (χ1v) is 7.08. The van der Waals surface area contributed by atoms with Crippen LogP contribution in [0.3, 0.4) is 0 Å². The molecule has 2 rings (SSSR count). The fourth-order valence-corrected chi connectivity index (χ4v) is 3.29. The van der Waals surface area contributed by atoms with Crippen LogP contribution in [0.5, 0.6) is 0 Å². The maximum Gasteiger partial charge on any atom is 0.0394 e. The van der Waals surface area contributed by atoms with E-state index in [0.717, 1.165) is 12.5 Å². The summed E-state index contributed by atoms with van der Waals surface area (Å²) in [7, 11) is 2.25. The number of nitrogens with zero attached hydrogens (tertiary/aromatic N) is 1. The molecule has 1 N–H and O–H groups in total. The van der Waals surface area contributed by atoms with Crippen LogP contribution in [0.25, 0.3) is 0 Å². The molecule has 1 saturated heterocycles.